The molecule has 1 amide bonds. The highest BCUT2D eigenvalue weighted by atomic mass is 19.1. The molecule has 1 aliphatic heterocycles. The van der Waals surface area contributed by atoms with E-state index in [0.717, 1.165) is 0 Å². The van der Waals surface area contributed by atoms with Crippen molar-refractivity contribution in [3.63, 3.8) is 0 Å². The molecule has 8 nitrogen and oxygen atoms in total. The molecular weight excluding hydrogens is 377 g/mol. The molecule has 0 saturated carbocycles. The van der Waals surface area contributed by atoms with Gasteiger partial charge in [0.1, 0.15) is 17.5 Å². The van der Waals surface area contributed by atoms with Crippen LogP contribution in [0.3, 0.4) is 0 Å². The molecule has 3 aromatic rings. The first-order valence-corrected chi connectivity index (χ1v) is 9.12. The molecule has 9 heteroatoms. The lowest BCUT2D eigenvalue weighted by molar-refractivity contribution is 0.0739. The van der Waals surface area contributed by atoms with Crippen molar-refractivity contribution in [3.05, 3.63) is 60.4 Å². The third-order valence-corrected chi connectivity index (χ3v) is 4.70. The molecule has 1 saturated heterocycles. The monoisotopic (exact) mass is 397 g/mol. The normalized spacial score (nSPS) is 16.9. The summed E-state index contributed by atoms with van der Waals surface area (Å²) in [5.41, 5.74) is 0.778. The minimum atomic E-state index is -1.07. The van der Waals surface area contributed by atoms with Gasteiger partial charge in [0.2, 0.25) is 0 Å². The Morgan fingerprint density at radius 3 is 2.76 bits per heavy atom. The molecule has 0 bridgehead atoms. The summed E-state index contributed by atoms with van der Waals surface area (Å²) in [6.07, 6.45) is 3.82. The Morgan fingerprint density at radius 1 is 1.31 bits per heavy atom. The van der Waals surface area contributed by atoms with Crippen LogP contribution in [0.1, 0.15) is 19.5 Å². The summed E-state index contributed by atoms with van der Waals surface area (Å²) in [5, 5.41) is 17.6. The number of benzene rings is 1. The molecule has 3 heterocycles. The SMILES string of the molecule is CC(C)(O)c1ccc(-c2ccc(N3C[C@H](Cn4ccnn4)OC3=O)cc2F)cn1. The third-order valence-electron chi connectivity index (χ3n) is 4.70. The van der Waals surface area contributed by atoms with Gasteiger partial charge < -0.3 is 9.84 Å². The van der Waals surface area contributed by atoms with Gasteiger partial charge in [-0.05, 0) is 38.1 Å². The number of aliphatic hydroxyl groups is 1. The zero-order valence-electron chi connectivity index (χ0n) is 16.0. The fourth-order valence-corrected chi connectivity index (χ4v) is 3.19. The predicted molar refractivity (Wildman–Crippen MR) is 103 cm³/mol. The Bertz CT molecular complexity index is 1020. The zero-order valence-corrected chi connectivity index (χ0v) is 16.0. The summed E-state index contributed by atoms with van der Waals surface area (Å²) in [6.45, 7) is 3.94. The molecule has 1 N–H and O–H groups in total. The van der Waals surface area contributed by atoms with Crippen LogP contribution >= 0.6 is 0 Å². The van der Waals surface area contributed by atoms with E-state index in [-0.39, 0.29) is 0 Å². The van der Waals surface area contributed by atoms with E-state index in [0.29, 0.717) is 35.6 Å². The second-order valence-electron chi connectivity index (χ2n) is 7.40. The van der Waals surface area contributed by atoms with E-state index in [4.69, 9.17) is 4.74 Å². The molecule has 0 spiro atoms. The van der Waals surface area contributed by atoms with Crippen molar-refractivity contribution in [1.82, 2.24) is 20.0 Å². The molecule has 1 fully saturated rings. The Balaban J connectivity index is 1.52. The summed E-state index contributed by atoms with van der Waals surface area (Å²) >= 11 is 0. The quantitative estimate of drug-likeness (QED) is 0.712. The van der Waals surface area contributed by atoms with Gasteiger partial charge in [-0.25, -0.2) is 13.9 Å². The molecule has 150 valence electrons. The molecular formula is C20H20FN5O3. The molecule has 4 rings (SSSR count). The molecule has 1 atom stereocenters. The number of aromatic nitrogens is 4. The molecule has 0 unspecified atom stereocenters. The van der Waals surface area contributed by atoms with Gasteiger partial charge in [0.25, 0.3) is 0 Å². The maximum atomic E-state index is 14.8. The molecule has 1 aliphatic rings. The Kier molecular flexibility index (Phi) is 4.75. The van der Waals surface area contributed by atoms with Crippen LogP contribution in [0.5, 0.6) is 0 Å². The van der Waals surface area contributed by atoms with Crippen molar-refractivity contribution < 1.29 is 19.0 Å². The highest BCUT2D eigenvalue weighted by Crippen LogP contribution is 2.30. The van der Waals surface area contributed by atoms with E-state index < -0.39 is 23.6 Å². The molecule has 29 heavy (non-hydrogen) atoms. The van der Waals surface area contributed by atoms with E-state index in [2.05, 4.69) is 15.3 Å². The van der Waals surface area contributed by atoms with Crippen molar-refractivity contribution in [2.45, 2.75) is 32.1 Å². The van der Waals surface area contributed by atoms with E-state index in [9.17, 15) is 14.3 Å². The summed E-state index contributed by atoms with van der Waals surface area (Å²) in [7, 11) is 0. The van der Waals surface area contributed by atoms with Gasteiger partial charge >= 0.3 is 6.09 Å². The highest BCUT2D eigenvalue weighted by molar-refractivity contribution is 5.90. The number of pyridine rings is 1. The lowest BCUT2D eigenvalue weighted by Gasteiger charge is -2.17. The van der Waals surface area contributed by atoms with Gasteiger partial charge in [0, 0.05) is 23.5 Å². The predicted octanol–water partition coefficient (Wildman–Crippen LogP) is 2.73. The fraction of sp³-hybridized carbons (Fsp3) is 0.300. The number of rotatable bonds is 5. The van der Waals surface area contributed by atoms with Crippen molar-refractivity contribution in [2.24, 2.45) is 0 Å². The van der Waals surface area contributed by atoms with Crippen LogP contribution in [0.2, 0.25) is 0 Å². The van der Waals surface area contributed by atoms with Crippen LogP contribution in [0.4, 0.5) is 14.9 Å². The lowest BCUT2D eigenvalue weighted by Crippen LogP contribution is -2.26. The van der Waals surface area contributed by atoms with Gasteiger partial charge in [-0.1, -0.05) is 11.3 Å². The first-order valence-electron chi connectivity index (χ1n) is 9.12. The van der Waals surface area contributed by atoms with E-state index in [1.165, 1.54) is 17.2 Å². The Hall–Kier alpha value is -3.33. The number of amides is 1. The van der Waals surface area contributed by atoms with Gasteiger partial charge in [-0.15, -0.1) is 5.10 Å². The molecule has 2 aromatic heterocycles. The van der Waals surface area contributed by atoms with Crippen LogP contribution in [0.15, 0.2) is 48.9 Å². The number of cyclic esters (lactones) is 1. The maximum Gasteiger partial charge on any atom is 0.414 e. The van der Waals surface area contributed by atoms with Crippen LogP contribution in [0.25, 0.3) is 11.1 Å². The van der Waals surface area contributed by atoms with Gasteiger partial charge in [-0.3, -0.25) is 9.88 Å². The summed E-state index contributed by atoms with van der Waals surface area (Å²) < 4.78 is 21.7. The van der Waals surface area contributed by atoms with E-state index in [1.54, 1.807) is 55.2 Å². The second-order valence-corrected chi connectivity index (χ2v) is 7.40. The summed E-state index contributed by atoms with van der Waals surface area (Å²) in [5.74, 6) is -0.479. The number of carbonyl (C=O) groups is 1. The number of carbonyl (C=O) groups excluding carboxylic acids is 1. The third kappa shape index (κ3) is 3.95. The minimum Gasteiger partial charge on any atom is -0.442 e. The van der Waals surface area contributed by atoms with E-state index in [1.807, 2.05) is 0 Å². The summed E-state index contributed by atoms with van der Waals surface area (Å²) in [4.78, 5) is 17.8. The van der Waals surface area contributed by atoms with Crippen molar-refractivity contribution in [1.29, 1.82) is 0 Å². The van der Waals surface area contributed by atoms with Crippen molar-refractivity contribution in [2.75, 3.05) is 11.4 Å². The van der Waals surface area contributed by atoms with E-state index >= 15 is 0 Å². The largest absolute Gasteiger partial charge is 0.442 e. The molecule has 0 radical (unpaired) electrons. The first-order chi connectivity index (χ1) is 13.8. The number of nitrogens with zero attached hydrogens (tertiary/aromatic N) is 5. The minimum absolute atomic E-state index is 0.291. The second kappa shape index (κ2) is 7.25. The number of halogens is 1. The number of hydrogen-bond donors (Lipinski definition) is 1. The number of hydrogen-bond acceptors (Lipinski definition) is 6. The smallest absolute Gasteiger partial charge is 0.414 e. The van der Waals surface area contributed by atoms with Crippen LogP contribution < -0.4 is 4.90 Å². The highest BCUT2D eigenvalue weighted by Gasteiger charge is 2.33. The van der Waals surface area contributed by atoms with Crippen LogP contribution in [-0.2, 0) is 16.9 Å². The summed E-state index contributed by atoms with van der Waals surface area (Å²) in [6, 6.07) is 7.94. The van der Waals surface area contributed by atoms with Gasteiger partial charge in [-0.2, -0.15) is 0 Å². The maximum absolute atomic E-state index is 14.8. The van der Waals surface area contributed by atoms with Gasteiger partial charge in [0.05, 0.1) is 30.7 Å². The average Bonchev–Trinajstić information content (AvgIpc) is 3.31. The van der Waals surface area contributed by atoms with Crippen LogP contribution in [0, 0.1) is 5.82 Å². The standard InChI is InChI=1S/C20H20FN5O3/c1-20(2,28)18-6-3-13(10-22-18)16-5-4-14(9-17(16)21)26-12-15(29-19(26)27)11-25-8-7-23-24-25/h3-10,15,28H,11-12H2,1-2H3/t15-/m0/s1. The molecule has 1 aromatic carbocycles. The Morgan fingerprint density at radius 2 is 2.14 bits per heavy atom. The van der Waals surface area contributed by atoms with Crippen molar-refractivity contribution >= 4 is 11.8 Å². The Labute approximate surface area is 166 Å². The first kappa shape index (κ1) is 19.0. The van der Waals surface area contributed by atoms with Crippen LogP contribution in [-0.4, -0.2) is 43.8 Å². The zero-order chi connectivity index (χ0) is 20.6. The topological polar surface area (TPSA) is 93.4 Å². The molecule has 0 aliphatic carbocycles. The number of anilines is 1. The lowest BCUT2D eigenvalue weighted by atomic mass is 10.0. The number of ether oxygens (including phenoxy) is 1. The van der Waals surface area contributed by atoms with Crippen molar-refractivity contribution in [3.8, 4) is 11.1 Å². The fourth-order valence-electron chi connectivity index (χ4n) is 3.19. The average molecular weight is 397 g/mol. The van der Waals surface area contributed by atoms with Gasteiger partial charge in [0.15, 0.2) is 0 Å².